The second-order valence-corrected chi connectivity index (χ2v) is 7.70. The first-order chi connectivity index (χ1) is 13.5. The SMILES string of the molecule is CCOc1ccc(Cc2c(C)ccc3c2CO[C@@]32C[C@@H](O)C[C@@H](CO)O2)cc1. The average molecular weight is 384 g/mol. The molecule has 2 aromatic carbocycles. The fourth-order valence-corrected chi connectivity index (χ4v) is 4.36. The summed E-state index contributed by atoms with van der Waals surface area (Å²) in [5.74, 6) is -0.0787. The van der Waals surface area contributed by atoms with Gasteiger partial charge in [0, 0.05) is 18.4 Å². The largest absolute Gasteiger partial charge is 0.494 e. The summed E-state index contributed by atoms with van der Waals surface area (Å²) < 4.78 is 17.8. The third-order valence-corrected chi connectivity index (χ3v) is 5.74. The van der Waals surface area contributed by atoms with Crippen LogP contribution in [0.5, 0.6) is 5.75 Å². The average Bonchev–Trinajstić information content (AvgIpc) is 3.02. The normalized spacial score (nSPS) is 26.4. The van der Waals surface area contributed by atoms with Crippen LogP contribution in [0.15, 0.2) is 36.4 Å². The zero-order valence-corrected chi connectivity index (χ0v) is 16.5. The number of aliphatic hydroxyl groups is 2. The molecule has 1 fully saturated rings. The van der Waals surface area contributed by atoms with Crippen LogP contribution in [0.3, 0.4) is 0 Å². The summed E-state index contributed by atoms with van der Waals surface area (Å²) in [4.78, 5) is 0. The van der Waals surface area contributed by atoms with Crippen molar-refractivity contribution in [1.29, 1.82) is 0 Å². The molecule has 0 radical (unpaired) electrons. The molecule has 0 aromatic heterocycles. The third kappa shape index (κ3) is 3.55. The molecular weight excluding hydrogens is 356 g/mol. The molecule has 4 rings (SSSR count). The fraction of sp³-hybridized carbons (Fsp3) is 0.478. The van der Waals surface area contributed by atoms with Gasteiger partial charge in [-0.1, -0.05) is 24.3 Å². The molecular formula is C23H28O5. The molecule has 5 heteroatoms. The highest BCUT2D eigenvalue weighted by Gasteiger charge is 2.48. The minimum Gasteiger partial charge on any atom is -0.494 e. The van der Waals surface area contributed by atoms with Gasteiger partial charge in [-0.2, -0.15) is 0 Å². The molecule has 2 aliphatic heterocycles. The minimum atomic E-state index is -0.957. The molecule has 0 bridgehead atoms. The number of benzene rings is 2. The quantitative estimate of drug-likeness (QED) is 0.829. The van der Waals surface area contributed by atoms with Crippen LogP contribution in [0, 0.1) is 6.92 Å². The van der Waals surface area contributed by atoms with Gasteiger partial charge in [0.2, 0.25) is 0 Å². The Labute approximate surface area is 165 Å². The highest BCUT2D eigenvalue weighted by atomic mass is 16.7. The summed E-state index contributed by atoms with van der Waals surface area (Å²) >= 11 is 0. The molecule has 150 valence electrons. The summed E-state index contributed by atoms with van der Waals surface area (Å²) in [5.41, 5.74) is 5.78. The van der Waals surface area contributed by atoms with Crippen molar-refractivity contribution < 1.29 is 24.4 Å². The molecule has 1 saturated heterocycles. The van der Waals surface area contributed by atoms with Crippen LogP contribution in [0.2, 0.25) is 0 Å². The van der Waals surface area contributed by atoms with Crippen molar-refractivity contribution in [1.82, 2.24) is 0 Å². The third-order valence-electron chi connectivity index (χ3n) is 5.74. The lowest BCUT2D eigenvalue weighted by atomic mass is 9.87. The Hall–Kier alpha value is -1.92. The van der Waals surface area contributed by atoms with Gasteiger partial charge in [-0.25, -0.2) is 0 Å². The Morgan fingerprint density at radius 2 is 1.96 bits per heavy atom. The van der Waals surface area contributed by atoms with Crippen LogP contribution < -0.4 is 4.74 Å². The number of hydrogen-bond donors (Lipinski definition) is 2. The van der Waals surface area contributed by atoms with Crippen LogP contribution in [0.4, 0.5) is 0 Å². The minimum absolute atomic E-state index is 0.123. The van der Waals surface area contributed by atoms with E-state index < -0.39 is 18.0 Å². The van der Waals surface area contributed by atoms with Gasteiger partial charge in [0.15, 0.2) is 5.79 Å². The van der Waals surface area contributed by atoms with E-state index in [1.807, 2.05) is 25.1 Å². The van der Waals surface area contributed by atoms with Gasteiger partial charge in [0.1, 0.15) is 5.75 Å². The Morgan fingerprint density at radius 1 is 1.18 bits per heavy atom. The smallest absolute Gasteiger partial charge is 0.198 e. The molecule has 0 unspecified atom stereocenters. The number of aryl methyl sites for hydroxylation is 1. The molecule has 2 heterocycles. The van der Waals surface area contributed by atoms with E-state index in [-0.39, 0.29) is 6.61 Å². The van der Waals surface area contributed by atoms with Crippen LogP contribution in [0.1, 0.15) is 47.6 Å². The van der Waals surface area contributed by atoms with E-state index in [0.29, 0.717) is 26.1 Å². The number of hydrogen-bond acceptors (Lipinski definition) is 5. The Kier molecular flexibility index (Phi) is 5.43. The fourth-order valence-electron chi connectivity index (χ4n) is 4.36. The molecule has 1 spiro atoms. The van der Waals surface area contributed by atoms with Crippen molar-refractivity contribution in [2.24, 2.45) is 0 Å². The van der Waals surface area contributed by atoms with Crippen molar-refractivity contribution in [3.63, 3.8) is 0 Å². The number of fused-ring (bicyclic) bond motifs is 2. The van der Waals surface area contributed by atoms with E-state index in [9.17, 15) is 10.2 Å². The summed E-state index contributed by atoms with van der Waals surface area (Å²) in [7, 11) is 0. The molecule has 2 N–H and O–H groups in total. The molecule has 3 atom stereocenters. The van der Waals surface area contributed by atoms with Crippen molar-refractivity contribution >= 4 is 0 Å². The highest BCUT2D eigenvalue weighted by molar-refractivity contribution is 5.47. The lowest BCUT2D eigenvalue weighted by Gasteiger charge is -2.40. The molecule has 0 saturated carbocycles. The second kappa shape index (κ2) is 7.84. The number of ether oxygens (including phenoxy) is 3. The van der Waals surface area contributed by atoms with Crippen molar-refractivity contribution in [3.05, 3.63) is 64.2 Å². The maximum atomic E-state index is 10.3. The van der Waals surface area contributed by atoms with E-state index in [0.717, 1.165) is 23.3 Å². The topological polar surface area (TPSA) is 68.2 Å². The monoisotopic (exact) mass is 384 g/mol. The molecule has 0 amide bonds. The first kappa shape index (κ1) is 19.4. The lowest BCUT2D eigenvalue weighted by Crippen LogP contribution is -2.45. The van der Waals surface area contributed by atoms with Gasteiger partial charge in [0.25, 0.3) is 0 Å². The standard InChI is InChI=1S/C23H28O5/c1-3-26-18-7-5-16(6-8-18)10-20-15(2)4-9-22-21(20)14-27-23(22)12-17(25)11-19(13-24)28-23/h4-9,17,19,24-25H,3,10-14H2,1-2H3/t17-,19-,23+/m0/s1. The summed E-state index contributed by atoms with van der Waals surface area (Å²) in [5, 5.41) is 19.9. The van der Waals surface area contributed by atoms with Crippen LogP contribution in [0.25, 0.3) is 0 Å². The first-order valence-corrected chi connectivity index (χ1v) is 9.99. The van der Waals surface area contributed by atoms with Crippen LogP contribution in [-0.2, 0) is 28.3 Å². The summed E-state index contributed by atoms with van der Waals surface area (Å²) in [6.07, 6.45) is 0.662. The molecule has 5 nitrogen and oxygen atoms in total. The Bertz CT molecular complexity index is 832. The zero-order valence-electron chi connectivity index (χ0n) is 16.5. The molecule has 0 aliphatic carbocycles. The van der Waals surface area contributed by atoms with Crippen molar-refractivity contribution in [2.75, 3.05) is 13.2 Å². The molecule has 28 heavy (non-hydrogen) atoms. The van der Waals surface area contributed by atoms with Crippen molar-refractivity contribution in [3.8, 4) is 5.75 Å². The number of rotatable bonds is 5. The van der Waals surface area contributed by atoms with Gasteiger partial charge in [-0.15, -0.1) is 0 Å². The van der Waals surface area contributed by atoms with E-state index in [4.69, 9.17) is 14.2 Å². The van der Waals surface area contributed by atoms with E-state index in [1.54, 1.807) is 0 Å². The van der Waals surface area contributed by atoms with Gasteiger partial charge in [0.05, 0.1) is 32.0 Å². The Morgan fingerprint density at radius 3 is 2.68 bits per heavy atom. The predicted molar refractivity (Wildman–Crippen MR) is 105 cm³/mol. The maximum absolute atomic E-state index is 10.3. The first-order valence-electron chi connectivity index (χ1n) is 9.99. The van der Waals surface area contributed by atoms with E-state index in [1.165, 1.54) is 16.7 Å². The van der Waals surface area contributed by atoms with Crippen LogP contribution in [-0.4, -0.2) is 35.6 Å². The summed E-state index contributed by atoms with van der Waals surface area (Å²) in [6, 6.07) is 12.3. The molecule has 2 aliphatic rings. The lowest BCUT2D eigenvalue weighted by molar-refractivity contribution is -0.302. The van der Waals surface area contributed by atoms with E-state index in [2.05, 4.69) is 25.1 Å². The highest BCUT2D eigenvalue weighted by Crippen LogP contribution is 2.47. The number of aliphatic hydroxyl groups excluding tert-OH is 2. The van der Waals surface area contributed by atoms with Crippen LogP contribution >= 0.6 is 0 Å². The Balaban J connectivity index is 1.65. The van der Waals surface area contributed by atoms with Gasteiger partial charge >= 0.3 is 0 Å². The maximum Gasteiger partial charge on any atom is 0.198 e. The van der Waals surface area contributed by atoms with Gasteiger partial charge < -0.3 is 24.4 Å². The predicted octanol–water partition coefficient (Wildman–Crippen LogP) is 3.20. The van der Waals surface area contributed by atoms with E-state index >= 15 is 0 Å². The van der Waals surface area contributed by atoms with Crippen molar-refractivity contribution in [2.45, 2.75) is 57.7 Å². The summed E-state index contributed by atoms with van der Waals surface area (Å²) in [6.45, 7) is 5.08. The molecule has 2 aromatic rings. The zero-order chi connectivity index (χ0) is 19.7. The second-order valence-electron chi connectivity index (χ2n) is 7.70. The van der Waals surface area contributed by atoms with Gasteiger partial charge in [-0.3, -0.25) is 0 Å². The van der Waals surface area contributed by atoms with Gasteiger partial charge in [-0.05, 0) is 54.7 Å².